The van der Waals surface area contributed by atoms with Crippen molar-refractivity contribution in [1.29, 1.82) is 0 Å². The van der Waals surface area contributed by atoms with Crippen molar-refractivity contribution in [2.75, 3.05) is 16.4 Å². The number of amides is 2. The van der Waals surface area contributed by atoms with E-state index in [2.05, 4.69) is 10.6 Å². The highest BCUT2D eigenvalue weighted by atomic mass is 35.5. The van der Waals surface area contributed by atoms with Crippen LogP contribution >= 0.6 is 58.0 Å². The number of halogens is 5. The van der Waals surface area contributed by atoms with Crippen LogP contribution in [0, 0.1) is 19.8 Å². The Morgan fingerprint density at radius 1 is 0.886 bits per heavy atom. The highest BCUT2D eigenvalue weighted by Crippen LogP contribution is 2.65. The third kappa shape index (κ3) is 5.35. The Morgan fingerprint density at radius 2 is 1.54 bits per heavy atom. The summed E-state index contributed by atoms with van der Waals surface area (Å²) in [5.74, 6) is -2.07. The highest BCUT2D eigenvalue weighted by molar-refractivity contribution is 6.53. The maximum Gasteiger partial charge on any atom is 0.257 e. The SMILES string of the molecule is Cc1cc(NC(=O)c2cc(NC(=O)C3C(c4cc(Cl)cc(Cl)c4)C3(Cl)Cl)ccc2Cl)c(C)cc1N. The summed E-state index contributed by atoms with van der Waals surface area (Å²) in [4.78, 5) is 26.0. The number of carbonyl (C=O) groups excluding carboxylic acids is 2. The van der Waals surface area contributed by atoms with Crippen molar-refractivity contribution in [1.82, 2.24) is 0 Å². The van der Waals surface area contributed by atoms with Crippen LogP contribution in [0.4, 0.5) is 17.1 Å². The number of hydrogen-bond acceptors (Lipinski definition) is 3. The van der Waals surface area contributed by atoms with E-state index >= 15 is 0 Å². The number of nitrogens with one attached hydrogen (secondary N) is 2. The van der Waals surface area contributed by atoms with Crippen LogP contribution in [-0.2, 0) is 4.79 Å². The van der Waals surface area contributed by atoms with Gasteiger partial charge in [-0.05, 0) is 79.1 Å². The van der Waals surface area contributed by atoms with Crippen LogP contribution in [-0.4, -0.2) is 16.1 Å². The number of alkyl halides is 2. The van der Waals surface area contributed by atoms with Gasteiger partial charge in [-0.3, -0.25) is 9.59 Å². The second-order valence-electron chi connectivity index (χ2n) is 8.49. The Morgan fingerprint density at radius 3 is 2.20 bits per heavy atom. The van der Waals surface area contributed by atoms with Crippen LogP contribution in [0.15, 0.2) is 48.5 Å². The smallest absolute Gasteiger partial charge is 0.257 e. The number of nitrogens with two attached hydrogens (primary N) is 1. The van der Waals surface area contributed by atoms with Crippen molar-refractivity contribution in [2.45, 2.75) is 24.1 Å². The second-order valence-corrected chi connectivity index (χ2v) is 11.2. The largest absolute Gasteiger partial charge is 0.399 e. The molecule has 0 heterocycles. The molecule has 5 nitrogen and oxygen atoms in total. The third-order valence-corrected chi connectivity index (χ3v) is 7.63. The van der Waals surface area contributed by atoms with Gasteiger partial charge < -0.3 is 16.4 Å². The fourth-order valence-electron chi connectivity index (χ4n) is 3.98. The molecule has 4 rings (SSSR count). The molecular formula is C25H20Cl5N3O2. The van der Waals surface area contributed by atoms with Gasteiger partial charge in [0.25, 0.3) is 5.91 Å². The summed E-state index contributed by atoms with van der Waals surface area (Å²) >= 11 is 31.3. The lowest BCUT2D eigenvalue weighted by atomic mass is 10.1. The maximum atomic E-state index is 13.0. The summed E-state index contributed by atoms with van der Waals surface area (Å²) in [6.07, 6.45) is 0. The van der Waals surface area contributed by atoms with Crippen molar-refractivity contribution in [3.63, 3.8) is 0 Å². The van der Waals surface area contributed by atoms with E-state index in [1.807, 2.05) is 13.8 Å². The van der Waals surface area contributed by atoms with E-state index < -0.39 is 28.0 Å². The summed E-state index contributed by atoms with van der Waals surface area (Å²) in [5, 5.41) is 6.69. The average Bonchev–Trinajstić information content (AvgIpc) is 3.34. The lowest BCUT2D eigenvalue weighted by molar-refractivity contribution is -0.117. The Bertz CT molecular complexity index is 1340. The molecule has 182 valence electrons. The fourth-order valence-corrected chi connectivity index (χ4v) is 5.56. The van der Waals surface area contributed by atoms with Crippen LogP contribution < -0.4 is 16.4 Å². The molecule has 1 aliphatic carbocycles. The predicted octanol–water partition coefficient (Wildman–Crippen LogP) is 7.62. The first-order chi connectivity index (χ1) is 16.4. The van der Waals surface area contributed by atoms with Gasteiger partial charge in [0.1, 0.15) is 4.33 Å². The number of rotatable bonds is 5. The molecule has 35 heavy (non-hydrogen) atoms. The summed E-state index contributed by atoms with van der Waals surface area (Å²) in [6.45, 7) is 3.69. The maximum absolute atomic E-state index is 13.0. The molecule has 0 aliphatic heterocycles. The Kier molecular flexibility index (Phi) is 7.20. The summed E-state index contributed by atoms with van der Waals surface area (Å²) < 4.78 is -1.32. The Labute approximate surface area is 227 Å². The first-order valence-corrected chi connectivity index (χ1v) is 12.4. The van der Waals surface area contributed by atoms with Gasteiger partial charge in [0.2, 0.25) is 5.91 Å². The zero-order chi connectivity index (χ0) is 25.7. The topological polar surface area (TPSA) is 84.2 Å². The Hall–Kier alpha value is -2.15. The van der Waals surface area contributed by atoms with Crippen LogP contribution in [0.2, 0.25) is 15.1 Å². The van der Waals surface area contributed by atoms with E-state index in [4.69, 9.17) is 63.7 Å². The molecule has 0 aromatic heterocycles. The molecule has 2 atom stereocenters. The van der Waals surface area contributed by atoms with Crippen molar-refractivity contribution in [3.05, 3.63) is 85.9 Å². The zero-order valence-corrected chi connectivity index (χ0v) is 22.3. The first kappa shape index (κ1) is 25.9. The third-order valence-electron chi connectivity index (χ3n) is 5.92. The second kappa shape index (κ2) is 9.72. The van der Waals surface area contributed by atoms with Crippen molar-refractivity contribution < 1.29 is 9.59 Å². The van der Waals surface area contributed by atoms with Crippen molar-refractivity contribution >= 4 is 86.9 Å². The first-order valence-electron chi connectivity index (χ1n) is 10.5. The molecule has 0 radical (unpaired) electrons. The van der Waals surface area contributed by atoms with E-state index in [0.717, 1.165) is 11.1 Å². The number of benzene rings is 3. The molecule has 2 amide bonds. The normalized spacial score (nSPS) is 18.1. The van der Waals surface area contributed by atoms with Gasteiger partial charge in [-0.25, -0.2) is 0 Å². The van der Waals surface area contributed by atoms with Crippen LogP contribution in [0.25, 0.3) is 0 Å². The molecule has 0 spiro atoms. The van der Waals surface area contributed by atoms with E-state index in [1.54, 1.807) is 36.4 Å². The molecular weight excluding hydrogens is 552 g/mol. The van der Waals surface area contributed by atoms with Crippen LogP contribution in [0.5, 0.6) is 0 Å². The summed E-state index contributed by atoms with van der Waals surface area (Å²) in [5.41, 5.74) is 10.0. The molecule has 4 N–H and O–H groups in total. The van der Waals surface area contributed by atoms with Gasteiger partial charge in [-0.15, -0.1) is 23.2 Å². The van der Waals surface area contributed by atoms with E-state index in [0.29, 0.717) is 32.7 Å². The van der Waals surface area contributed by atoms with E-state index in [-0.39, 0.29) is 10.6 Å². The van der Waals surface area contributed by atoms with Gasteiger partial charge in [0, 0.05) is 33.0 Å². The monoisotopic (exact) mass is 569 g/mol. The van der Waals surface area contributed by atoms with Gasteiger partial charge in [-0.2, -0.15) is 0 Å². The Balaban J connectivity index is 1.52. The minimum atomic E-state index is -1.32. The quantitative estimate of drug-likeness (QED) is 0.218. The molecule has 10 heteroatoms. The molecule has 3 aromatic rings. The molecule has 0 bridgehead atoms. The van der Waals surface area contributed by atoms with Gasteiger partial charge in [0.15, 0.2) is 0 Å². The van der Waals surface area contributed by atoms with Gasteiger partial charge in [0.05, 0.1) is 16.5 Å². The van der Waals surface area contributed by atoms with Gasteiger partial charge >= 0.3 is 0 Å². The molecule has 2 unspecified atom stereocenters. The summed E-state index contributed by atoms with van der Waals surface area (Å²) in [6, 6.07) is 13.1. The van der Waals surface area contributed by atoms with E-state index in [9.17, 15) is 9.59 Å². The van der Waals surface area contributed by atoms with Gasteiger partial charge in [-0.1, -0.05) is 34.8 Å². The van der Waals surface area contributed by atoms with Crippen molar-refractivity contribution in [3.8, 4) is 0 Å². The molecule has 3 aromatic carbocycles. The van der Waals surface area contributed by atoms with Crippen LogP contribution in [0.1, 0.15) is 33.0 Å². The number of nitrogen functional groups attached to an aromatic ring is 1. The standard InChI is InChI=1S/C25H20Cl5N3O2/c1-11-6-20(12(2)5-19(11)31)33-23(34)17-10-16(3-4-18(17)28)32-24(35)22-21(25(22,29)30)13-7-14(26)9-15(27)8-13/h3-10,21-22H,31H2,1-2H3,(H,32,35)(H,33,34). The van der Waals surface area contributed by atoms with E-state index in [1.165, 1.54) is 12.1 Å². The number of aryl methyl sites for hydroxylation is 2. The molecule has 1 saturated carbocycles. The minimum absolute atomic E-state index is 0.190. The highest BCUT2D eigenvalue weighted by Gasteiger charge is 2.67. The minimum Gasteiger partial charge on any atom is -0.399 e. The molecule has 1 fully saturated rings. The summed E-state index contributed by atoms with van der Waals surface area (Å²) in [7, 11) is 0. The zero-order valence-electron chi connectivity index (χ0n) is 18.6. The lowest BCUT2D eigenvalue weighted by Crippen LogP contribution is -2.18. The molecule has 1 aliphatic rings. The molecule has 0 saturated heterocycles. The predicted molar refractivity (Wildman–Crippen MR) is 145 cm³/mol. The fraction of sp³-hybridized carbons (Fsp3) is 0.200. The number of carbonyl (C=O) groups is 2. The average molecular weight is 572 g/mol. The lowest BCUT2D eigenvalue weighted by Gasteiger charge is -2.13. The van der Waals surface area contributed by atoms with Crippen molar-refractivity contribution in [2.24, 2.45) is 5.92 Å². The van der Waals surface area contributed by atoms with Crippen LogP contribution in [0.3, 0.4) is 0 Å². The number of hydrogen-bond donors (Lipinski definition) is 3. The number of anilines is 3.